The molecule has 2 aromatic rings. The third-order valence-corrected chi connectivity index (χ3v) is 7.26. The third-order valence-electron chi connectivity index (χ3n) is 5.37. The maximum atomic E-state index is 13.1. The van der Waals surface area contributed by atoms with Crippen LogP contribution >= 0.6 is 0 Å². The van der Waals surface area contributed by atoms with Crippen molar-refractivity contribution < 1.29 is 27.5 Å². The van der Waals surface area contributed by atoms with Gasteiger partial charge in [0.15, 0.2) is 0 Å². The molecule has 0 spiro atoms. The van der Waals surface area contributed by atoms with Crippen molar-refractivity contribution in [3.8, 4) is 5.75 Å². The lowest BCUT2D eigenvalue weighted by atomic mass is 10.1. The molecule has 32 heavy (non-hydrogen) atoms. The Morgan fingerprint density at radius 3 is 2.44 bits per heavy atom. The van der Waals surface area contributed by atoms with Crippen LogP contribution in [0.25, 0.3) is 0 Å². The molecule has 1 aliphatic heterocycles. The summed E-state index contributed by atoms with van der Waals surface area (Å²) in [5.74, 6) is -0.781. The first-order chi connectivity index (χ1) is 15.3. The minimum Gasteiger partial charge on any atom is -0.496 e. The molecule has 3 rings (SSSR count). The molecule has 0 radical (unpaired) electrons. The van der Waals surface area contributed by atoms with E-state index >= 15 is 0 Å². The monoisotopic (exact) mass is 460 g/mol. The largest absolute Gasteiger partial charge is 0.496 e. The molecule has 0 saturated carbocycles. The third kappa shape index (κ3) is 5.11. The van der Waals surface area contributed by atoms with E-state index < -0.39 is 21.9 Å². The Morgan fingerprint density at radius 2 is 1.78 bits per heavy atom. The Morgan fingerprint density at radius 1 is 1.06 bits per heavy atom. The number of nitrogens with zero attached hydrogens (tertiary/aromatic N) is 1. The molecule has 0 atom stereocenters. The number of carbonyl (C=O) groups excluding carboxylic acids is 2. The highest BCUT2D eigenvalue weighted by atomic mass is 32.2. The van der Waals surface area contributed by atoms with Crippen LogP contribution in [0.15, 0.2) is 41.3 Å². The molecule has 2 aromatic carbocycles. The highest BCUT2D eigenvalue weighted by Gasteiger charge is 2.28. The zero-order chi connectivity index (χ0) is 23.3. The number of anilines is 1. The number of benzene rings is 2. The quantitative estimate of drug-likeness (QED) is 0.634. The predicted octanol–water partition coefficient (Wildman–Crippen LogP) is 3.61. The van der Waals surface area contributed by atoms with Crippen molar-refractivity contribution in [1.29, 1.82) is 0 Å². The Hall–Kier alpha value is -2.91. The average molecular weight is 461 g/mol. The predicted molar refractivity (Wildman–Crippen MR) is 121 cm³/mol. The van der Waals surface area contributed by atoms with Crippen LogP contribution in [0.1, 0.15) is 52.5 Å². The van der Waals surface area contributed by atoms with E-state index in [9.17, 15) is 18.0 Å². The smallest absolute Gasteiger partial charge is 0.338 e. The molecule has 1 N–H and O–H groups in total. The topological polar surface area (TPSA) is 102 Å². The number of aryl methyl sites for hydroxylation is 1. The molecule has 1 amide bonds. The lowest BCUT2D eigenvalue weighted by Crippen LogP contribution is -2.35. The molecule has 172 valence electrons. The molecular formula is C23H28N2O6S. The van der Waals surface area contributed by atoms with Gasteiger partial charge in [0.1, 0.15) is 5.75 Å². The van der Waals surface area contributed by atoms with E-state index in [0.29, 0.717) is 24.3 Å². The van der Waals surface area contributed by atoms with Gasteiger partial charge in [0.05, 0.1) is 29.7 Å². The maximum Gasteiger partial charge on any atom is 0.338 e. The number of hydrogen-bond acceptors (Lipinski definition) is 6. The number of ether oxygens (including phenoxy) is 2. The number of esters is 1. The summed E-state index contributed by atoms with van der Waals surface area (Å²) >= 11 is 0. The van der Waals surface area contributed by atoms with Crippen molar-refractivity contribution in [3.63, 3.8) is 0 Å². The normalized spacial score (nSPS) is 14.6. The number of methoxy groups -OCH3 is 1. The first-order valence-electron chi connectivity index (χ1n) is 10.5. The Bertz CT molecular complexity index is 1110. The van der Waals surface area contributed by atoms with Gasteiger partial charge in [-0.05, 0) is 62.6 Å². The summed E-state index contributed by atoms with van der Waals surface area (Å²) in [6, 6.07) is 9.13. The molecule has 0 unspecified atom stereocenters. The Kier molecular flexibility index (Phi) is 7.52. The van der Waals surface area contributed by atoms with Crippen molar-refractivity contribution in [3.05, 3.63) is 53.1 Å². The fourth-order valence-electron chi connectivity index (χ4n) is 3.57. The minimum atomic E-state index is -3.71. The van der Waals surface area contributed by atoms with Crippen molar-refractivity contribution in [2.75, 3.05) is 32.1 Å². The van der Waals surface area contributed by atoms with Crippen LogP contribution in [-0.2, 0) is 14.8 Å². The van der Waals surface area contributed by atoms with Crippen LogP contribution < -0.4 is 10.1 Å². The molecule has 1 aliphatic rings. The first kappa shape index (κ1) is 23.7. The lowest BCUT2D eigenvalue weighted by Gasteiger charge is -2.26. The van der Waals surface area contributed by atoms with Gasteiger partial charge < -0.3 is 14.8 Å². The van der Waals surface area contributed by atoms with Gasteiger partial charge in [0, 0.05) is 18.8 Å². The van der Waals surface area contributed by atoms with Gasteiger partial charge in [-0.1, -0.05) is 12.5 Å². The fourth-order valence-corrected chi connectivity index (χ4v) is 5.11. The van der Waals surface area contributed by atoms with E-state index in [1.54, 1.807) is 26.0 Å². The van der Waals surface area contributed by atoms with Gasteiger partial charge in [-0.3, -0.25) is 4.79 Å². The zero-order valence-corrected chi connectivity index (χ0v) is 19.3. The Balaban J connectivity index is 1.92. The zero-order valence-electron chi connectivity index (χ0n) is 18.5. The lowest BCUT2D eigenvalue weighted by molar-refractivity contribution is 0.0526. The second kappa shape index (κ2) is 10.1. The Labute approximate surface area is 188 Å². The molecule has 9 heteroatoms. The van der Waals surface area contributed by atoms with Crippen LogP contribution in [0.3, 0.4) is 0 Å². The standard InChI is InChI=1S/C23H28N2O6S/c1-4-31-23(27)17-9-8-16(2)20(14-17)24-22(26)19-15-18(10-11-21(19)30-3)32(28,29)25-12-6-5-7-13-25/h8-11,14-15H,4-7,12-13H2,1-3H3,(H,24,26). The second-order valence-corrected chi connectivity index (χ2v) is 9.47. The van der Waals surface area contributed by atoms with Gasteiger partial charge in [0.25, 0.3) is 5.91 Å². The van der Waals surface area contributed by atoms with E-state index in [2.05, 4.69) is 5.32 Å². The summed E-state index contributed by atoms with van der Waals surface area (Å²) in [6.07, 6.45) is 2.64. The number of sulfonamides is 1. The highest BCUT2D eigenvalue weighted by Crippen LogP contribution is 2.28. The summed E-state index contributed by atoms with van der Waals surface area (Å²) < 4.78 is 37.9. The SMILES string of the molecule is CCOC(=O)c1ccc(C)c(NC(=O)c2cc(S(=O)(=O)N3CCCCC3)ccc2OC)c1. The number of piperidine rings is 1. The van der Waals surface area contributed by atoms with Crippen molar-refractivity contribution >= 4 is 27.6 Å². The number of nitrogens with one attached hydrogen (secondary N) is 1. The first-order valence-corrected chi connectivity index (χ1v) is 12.0. The van der Waals surface area contributed by atoms with Crippen LogP contribution in [-0.4, -0.2) is 51.4 Å². The summed E-state index contributed by atoms with van der Waals surface area (Å²) in [6.45, 7) is 4.68. The fraction of sp³-hybridized carbons (Fsp3) is 0.391. The highest BCUT2D eigenvalue weighted by molar-refractivity contribution is 7.89. The van der Waals surface area contributed by atoms with E-state index in [-0.39, 0.29) is 22.8 Å². The number of amides is 1. The second-order valence-electron chi connectivity index (χ2n) is 7.53. The van der Waals surface area contributed by atoms with Gasteiger partial charge >= 0.3 is 5.97 Å². The van der Waals surface area contributed by atoms with E-state index in [1.165, 1.54) is 35.7 Å². The maximum absolute atomic E-state index is 13.1. The summed E-state index contributed by atoms with van der Waals surface area (Å²) in [7, 11) is -2.30. The van der Waals surface area contributed by atoms with Crippen LogP contribution in [0.5, 0.6) is 5.75 Å². The molecule has 1 fully saturated rings. The number of hydrogen-bond donors (Lipinski definition) is 1. The van der Waals surface area contributed by atoms with E-state index in [4.69, 9.17) is 9.47 Å². The van der Waals surface area contributed by atoms with E-state index in [0.717, 1.165) is 24.8 Å². The number of rotatable bonds is 7. The van der Waals surface area contributed by atoms with Crippen LogP contribution in [0.4, 0.5) is 5.69 Å². The van der Waals surface area contributed by atoms with Gasteiger partial charge in [-0.2, -0.15) is 4.31 Å². The molecule has 8 nitrogen and oxygen atoms in total. The van der Waals surface area contributed by atoms with Crippen molar-refractivity contribution in [1.82, 2.24) is 4.31 Å². The number of carbonyl (C=O) groups is 2. The molecule has 0 aromatic heterocycles. The van der Waals surface area contributed by atoms with Crippen LogP contribution in [0.2, 0.25) is 0 Å². The van der Waals surface area contributed by atoms with Gasteiger partial charge in [0.2, 0.25) is 10.0 Å². The van der Waals surface area contributed by atoms with Crippen LogP contribution in [0, 0.1) is 6.92 Å². The minimum absolute atomic E-state index is 0.0438. The molecule has 0 aliphatic carbocycles. The summed E-state index contributed by atoms with van der Waals surface area (Å²) in [5.41, 5.74) is 1.56. The van der Waals surface area contributed by atoms with E-state index in [1.807, 2.05) is 0 Å². The van der Waals surface area contributed by atoms with Gasteiger partial charge in [-0.25, -0.2) is 13.2 Å². The van der Waals surface area contributed by atoms with Gasteiger partial charge in [-0.15, -0.1) is 0 Å². The summed E-state index contributed by atoms with van der Waals surface area (Å²) in [4.78, 5) is 25.2. The average Bonchev–Trinajstić information content (AvgIpc) is 2.80. The molecule has 1 heterocycles. The molecule has 0 bridgehead atoms. The van der Waals surface area contributed by atoms with Crippen molar-refractivity contribution in [2.24, 2.45) is 0 Å². The molecule has 1 saturated heterocycles. The molecular weight excluding hydrogens is 432 g/mol. The van der Waals surface area contributed by atoms with Crippen molar-refractivity contribution in [2.45, 2.75) is 38.0 Å². The summed E-state index contributed by atoms with van der Waals surface area (Å²) in [5, 5.41) is 2.76.